The van der Waals surface area contributed by atoms with Gasteiger partial charge in [-0.1, -0.05) is 30.3 Å². The minimum atomic E-state index is -0.193. The first-order chi connectivity index (χ1) is 12.6. The first-order valence-electron chi connectivity index (χ1n) is 8.20. The zero-order valence-corrected chi connectivity index (χ0v) is 16.5. The summed E-state index contributed by atoms with van der Waals surface area (Å²) < 4.78 is 6.18. The summed E-state index contributed by atoms with van der Waals surface area (Å²) in [6.45, 7) is 0.831. The monoisotopic (exact) mass is 458 g/mol. The Morgan fingerprint density at radius 3 is 2.46 bits per heavy atom. The summed E-state index contributed by atoms with van der Waals surface area (Å²) in [4.78, 5) is 14.2. The molecule has 132 valence electrons. The molecule has 0 saturated carbocycles. The van der Waals surface area contributed by atoms with Crippen molar-refractivity contribution in [2.75, 3.05) is 17.3 Å². The van der Waals surface area contributed by atoms with Gasteiger partial charge in [-0.25, -0.2) is 0 Å². The molecule has 0 fully saturated rings. The topological polar surface area (TPSA) is 45.5 Å². The van der Waals surface area contributed by atoms with E-state index >= 15 is 0 Å². The van der Waals surface area contributed by atoms with E-state index in [4.69, 9.17) is 4.42 Å². The summed E-state index contributed by atoms with van der Waals surface area (Å²) in [6, 6.07) is 21.8. The summed E-state index contributed by atoms with van der Waals surface area (Å²) in [7, 11) is 2.05. The number of hydrogen-bond donors (Lipinski definition) is 1. The summed E-state index contributed by atoms with van der Waals surface area (Å²) in [6.07, 6.45) is 3.11. The van der Waals surface area contributed by atoms with Crippen LogP contribution in [0.25, 0.3) is 6.08 Å². The van der Waals surface area contributed by atoms with Crippen LogP contribution >= 0.6 is 22.6 Å². The third-order valence-corrected chi connectivity index (χ3v) is 4.41. The molecule has 1 amide bonds. The predicted molar refractivity (Wildman–Crippen MR) is 114 cm³/mol. The average molecular weight is 458 g/mol. The molecule has 3 rings (SSSR count). The van der Waals surface area contributed by atoms with Crippen molar-refractivity contribution in [3.63, 3.8) is 0 Å². The van der Waals surface area contributed by atoms with Gasteiger partial charge in [0, 0.05) is 31.0 Å². The van der Waals surface area contributed by atoms with E-state index < -0.39 is 0 Å². The van der Waals surface area contributed by atoms with E-state index in [2.05, 4.69) is 44.9 Å². The molecule has 0 atom stereocenters. The quantitative estimate of drug-likeness (QED) is 0.410. The Morgan fingerprint density at radius 2 is 1.81 bits per heavy atom. The zero-order chi connectivity index (χ0) is 18.4. The molecule has 4 nitrogen and oxygen atoms in total. The normalized spacial score (nSPS) is 10.8. The van der Waals surface area contributed by atoms with Gasteiger partial charge in [0.2, 0.25) is 5.91 Å². The van der Waals surface area contributed by atoms with Crippen LogP contribution in [-0.4, -0.2) is 13.0 Å². The van der Waals surface area contributed by atoms with E-state index in [0.29, 0.717) is 5.76 Å². The molecule has 0 aliphatic heterocycles. The van der Waals surface area contributed by atoms with Crippen molar-refractivity contribution in [1.29, 1.82) is 0 Å². The largest absolute Gasteiger partial charge is 0.451 e. The Balaban J connectivity index is 1.57. The fraction of sp³-hybridized carbons (Fsp3) is 0.0952. The van der Waals surface area contributed by atoms with Crippen molar-refractivity contribution < 1.29 is 9.21 Å². The van der Waals surface area contributed by atoms with Crippen LogP contribution in [0.1, 0.15) is 11.3 Å². The SMILES string of the molecule is CN(Cc1ccccc1)c1ccc(NC(=O)/C=C/c2ccc(I)o2)cc1. The Hall–Kier alpha value is -2.54. The van der Waals surface area contributed by atoms with Gasteiger partial charge < -0.3 is 14.6 Å². The lowest BCUT2D eigenvalue weighted by atomic mass is 10.2. The van der Waals surface area contributed by atoms with Crippen LogP contribution in [0.2, 0.25) is 0 Å². The van der Waals surface area contributed by atoms with Crippen LogP contribution in [0.15, 0.2) is 77.2 Å². The van der Waals surface area contributed by atoms with Gasteiger partial charge in [0.05, 0.1) is 0 Å². The zero-order valence-electron chi connectivity index (χ0n) is 14.4. The van der Waals surface area contributed by atoms with Gasteiger partial charge in [-0.2, -0.15) is 0 Å². The number of nitrogens with zero attached hydrogens (tertiary/aromatic N) is 1. The maximum Gasteiger partial charge on any atom is 0.248 e. The molecular weight excluding hydrogens is 439 g/mol. The number of amides is 1. The Kier molecular flexibility index (Phi) is 6.12. The lowest BCUT2D eigenvalue weighted by Gasteiger charge is -2.19. The van der Waals surface area contributed by atoms with E-state index in [-0.39, 0.29) is 5.91 Å². The van der Waals surface area contributed by atoms with Crippen LogP contribution in [0.3, 0.4) is 0 Å². The highest BCUT2D eigenvalue weighted by molar-refractivity contribution is 14.1. The number of furan rings is 1. The molecule has 0 spiro atoms. The minimum Gasteiger partial charge on any atom is -0.451 e. The second-order valence-corrected chi connectivity index (χ2v) is 6.92. The molecule has 5 heteroatoms. The second kappa shape index (κ2) is 8.71. The molecule has 26 heavy (non-hydrogen) atoms. The Labute approximate surface area is 166 Å². The van der Waals surface area contributed by atoms with Gasteiger partial charge in [0.15, 0.2) is 3.77 Å². The van der Waals surface area contributed by atoms with E-state index in [1.165, 1.54) is 11.6 Å². The average Bonchev–Trinajstić information content (AvgIpc) is 3.07. The molecule has 1 N–H and O–H groups in total. The molecule has 0 unspecified atom stereocenters. The molecule has 1 aromatic heterocycles. The highest BCUT2D eigenvalue weighted by Crippen LogP contribution is 2.19. The number of carbonyl (C=O) groups is 1. The van der Waals surface area contributed by atoms with Gasteiger partial charge in [0.1, 0.15) is 5.76 Å². The van der Waals surface area contributed by atoms with Crippen LogP contribution in [0.5, 0.6) is 0 Å². The molecule has 2 aromatic carbocycles. The molecule has 0 bridgehead atoms. The summed E-state index contributed by atoms with van der Waals surface area (Å²) >= 11 is 2.09. The van der Waals surface area contributed by atoms with Gasteiger partial charge >= 0.3 is 0 Å². The van der Waals surface area contributed by atoms with E-state index in [0.717, 1.165) is 21.7 Å². The Bertz CT molecular complexity index is 886. The first kappa shape index (κ1) is 18.3. The van der Waals surface area contributed by atoms with Crippen LogP contribution in [0, 0.1) is 3.77 Å². The van der Waals surface area contributed by atoms with E-state index in [1.54, 1.807) is 6.08 Å². The lowest BCUT2D eigenvalue weighted by molar-refractivity contribution is -0.111. The van der Waals surface area contributed by atoms with Crippen LogP contribution in [0.4, 0.5) is 11.4 Å². The van der Waals surface area contributed by atoms with E-state index in [1.807, 2.05) is 61.6 Å². The minimum absolute atomic E-state index is 0.193. The van der Waals surface area contributed by atoms with Gasteiger partial charge in [-0.15, -0.1) is 0 Å². The van der Waals surface area contributed by atoms with Crippen molar-refractivity contribution in [3.8, 4) is 0 Å². The van der Waals surface area contributed by atoms with Gasteiger partial charge in [-0.3, -0.25) is 4.79 Å². The number of hydrogen-bond acceptors (Lipinski definition) is 3. The number of halogens is 1. The molecule has 0 aliphatic carbocycles. The third-order valence-electron chi connectivity index (χ3n) is 3.83. The van der Waals surface area contributed by atoms with Crippen LogP contribution < -0.4 is 10.2 Å². The summed E-state index contributed by atoms with van der Waals surface area (Å²) in [5.74, 6) is 0.462. The fourth-order valence-electron chi connectivity index (χ4n) is 2.51. The number of anilines is 2. The smallest absolute Gasteiger partial charge is 0.248 e. The predicted octanol–water partition coefficient (Wildman–Crippen LogP) is 5.17. The fourth-order valence-corrected chi connectivity index (χ4v) is 2.94. The highest BCUT2D eigenvalue weighted by atomic mass is 127. The third kappa shape index (κ3) is 5.23. The van der Waals surface area contributed by atoms with Crippen molar-refractivity contribution in [1.82, 2.24) is 0 Å². The van der Waals surface area contributed by atoms with Crippen molar-refractivity contribution in [2.45, 2.75) is 6.54 Å². The number of carbonyl (C=O) groups excluding carboxylic acids is 1. The summed E-state index contributed by atoms with van der Waals surface area (Å²) in [5.41, 5.74) is 3.10. The molecule has 1 heterocycles. The number of nitrogens with one attached hydrogen (secondary N) is 1. The van der Waals surface area contributed by atoms with Crippen molar-refractivity contribution in [2.24, 2.45) is 0 Å². The van der Waals surface area contributed by atoms with Gasteiger partial charge in [0.25, 0.3) is 0 Å². The molecule has 0 saturated heterocycles. The van der Waals surface area contributed by atoms with E-state index in [9.17, 15) is 4.79 Å². The van der Waals surface area contributed by atoms with Crippen LogP contribution in [-0.2, 0) is 11.3 Å². The maximum atomic E-state index is 12.0. The number of rotatable bonds is 6. The summed E-state index contributed by atoms with van der Waals surface area (Å²) in [5, 5.41) is 2.85. The molecular formula is C21H19IN2O2. The number of benzene rings is 2. The van der Waals surface area contributed by atoms with Gasteiger partial charge in [-0.05, 0) is 70.6 Å². The first-order valence-corrected chi connectivity index (χ1v) is 9.27. The van der Waals surface area contributed by atoms with Crippen molar-refractivity contribution in [3.05, 3.63) is 87.9 Å². The Morgan fingerprint density at radius 1 is 1.08 bits per heavy atom. The lowest BCUT2D eigenvalue weighted by Crippen LogP contribution is -2.16. The molecule has 0 aliphatic rings. The highest BCUT2D eigenvalue weighted by Gasteiger charge is 2.04. The second-order valence-electron chi connectivity index (χ2n) is 5.85. The maximum absolute atomic E-state index is 12.0. The standard InChI is InChI=1S/C21H19IN2O2/c1-24(15-16-5-3-2-4-6-16)18-9-7-17(8-10-18)23-21(25)14-12-19-11-13-20(22)26-19/h2-14H,15H2,1H3,(H,23,25)/b14-12+. The van der Waals surface area contributed by atoms with Crippen molar-refractivity contribution >= 4 is 45.9 Å². The molecule has 3 aromatic rings. The molecule has 0 radical (unpaired) electrons.